The van der Waals surface area contributed by atoms with Crippen LogP contribution in [0.5, 0.6) is 0 Å². The monoisotopic (exact) mass is 277 g/mol. The van der Waals surface area contributed by atoms with Crippen LogP contribution in [0.3, 0.4) is 0 Å². The second-order valence-corrected chi connectivity index (χ2v) is 4.24. The van der Waals surface area contributed by atoms with E-state index in [4.69, 9.17) is 4.74 Å². The minimum atomic E-state index is -0.223. The molecular weight excluding hydrogens is 258 g/mol. The van der Waals surface area contributed by atoms with Gasteiger partial charge in [-0.05, 0) is 30.9 Å². The van der Waals surface area contributed by atoms with Gasteiger partial charge in [0.1, 0.15) is 13.2 Å². The number of rotatable bonds is 9. The minimum Gasteiger partial charge on any atom is -0.461 e. The van der Waals surface area contributed by atoms with Crippen molar-refractivity contribution < 1.29 is 14.4 Å². The van der Waals surface area contributed by atoms with E-state index in [2.05, 4.69) is 10.2 Å². The highest BCUT2D eigenvalue weighted by molar-refractivity contribution is 5.69. The molecule has 0 fully saturated rings. The van der Waals surface area contributed by atoms with Gasteiger partial charge in [0.15, 0.2) is 5.34 Å². The molecule has 0 aromatic heterocycles. The summed E-state index contributed by atoms with van der Waals surface area (Å²) in [6, 6.07) is 7.30. The van der Waals surface area contributed by atoms with E-state index in [0.29, 0.717) is 6.42 Å². The zero-order chi connectivity index (χ0) is 14.6. The Morgan fingerprint density at radius 2 is 1.95 bits per heavy atom. The number of nitrogens with zero attached hydrogens (tertiary/aromatic N) is 1. The van der Waals surface area contributed by atoms with Crippen LogP contribution in [0, 0.1) is 4.91 Å². The quantitative estimate of drug-likeness (QED) is 0.227. The summed E-state index contributed by atoms with van der Waals surface area (Å²) in [6.45, 7) is 2.21. The van der Waals surface area contributed by atoms with E-state index in [0.717, 1.165) is 24.0 Å². The van der Waals surface area contributed by atoms with E-state index in [1.807, 2.05) is 37.3 Å². The van der Waals surface area contributed by atoms with Crippen molar-refractivity contribution in [1.82, 2.24) is 0 Å². The van der Waals surface area contributed by atoms with Gasteiger partial charge in [0.2, 0.25) is 0 Å². The van der Waals surface area contributed by atoms with Crippen LogP contribution in [-0.2, 0) is 27.6 Å². The van der Waals surface area contributed by atoms with Gasteiger partial charge in [-0.1, -0.05) is 36.4 Å². The summed E-state index contributed by atoms with van der Waals surface area (Å²) in [5.41, 5.74) is 1.60. The average molecular weight is 277 g/mol. The van der Waals surface area contributed by atoms with E-state index in [-0.39, 0.29) is 19.2 Å². The van der Waals surface area contributed by atoms with Gasteiger partial charge in [-0.25, -0.2) is 0 Å². The molecule has 0 unspecified atom stereocenters. The normalized spacial score (nSPS) is 10.4. The Labute approximate surface area is 118 Å². The Balaban J connectivity index is 2.40. The van der Waals surface area contributed by atoms with Crippen molar-refractivity contribution >= 4 is 5.97 Å². The summed E-state index contributed by atoms with van der Waals surface area (Å²) in [7, 11) is 0. The Morgan fingerprint density at radius 3 is 2.60 bits per heavy atom. The molecule has 5 heteroatoms. The van der Waals surface area contributed by atoms with Crippen molar-refractivity contribution in [3.05, 3.63) is 52.5 Å². The first-order valence-corrected chi connectivity index (χ1v) is 6.56. The number of benzene rings is 1. The Kier molecular flexibility index (Phi) is 7.72. The average Bonchev–Trinajstić information content (AvgIpc) is 2.48. The molecule has 0 spiro atoms. The molecule has 0 aliphatic heterocycles. The summed E-state index contributed by atoms with van der Waals surface area (Å²) in [4.78, 5) is 26.0. The molecule has 0 heterocycles. The number of carbonyl (C=O) groups excluding carboxylic acids is 1. The molecule has 108 valence electrons. The van der Waals surface area contributed by atoms with Crippen LogP contribution in [0.2, 0.25) is 0 Å². The molecule has 1 aromatic carbocycles. The summed E-state index contributed by atoms with van der Waals surface area (Å²) >= 11 is 0. The summed E-state index contributed by atoms with van der Waals surface area (Å²) < 4.78 is 5.20. The summed E-state index contributed by atoms with van der Waals surface area (Å²) in [6.07, 6.45) is 6.04. The molecule has 0 atom stereocenters. The molecule has 0 N–H and O–H groups in total. The number of hydrogen-bond donors (Lipinski definition) is 0. The minimum absolute atomic E-state index is 0.0819. The van der Waals surface area contributed by atoms with Gasteiger partial charge in [-0.3, -0.25) is 4.79 Å². The van der Waals surface area contributed by atoms with Crippen LogP contribution < -0.4 is 0 Å². The third-order valence-corrected chi connectivity index (χ3v) is 2.77. The molecule has 0 bridgehead atoms. The van der Waals surface area contributed by atoms with E-state index < -0.39 is 0 Å². The highest BCUT2D eigenvalue weighted by Gasteiger charge is 2.06. The molecule has 0 aliphatic carbocycles. The van der Waals surface area contributed by atoms with E-state index in [1.54, 1.807) is 6.07 Å². The van der Waals surface area contributed by atoms with Gasteiger partial charge in [-0.2, -0.15) is 0 Å². The van der Waals surface area contributed by atoms with Gasteiger partial charge < -0.3 is 9.57 Å². The lowest BCUT2D eigenvalue weighted by Crippen LogP contribution is -2.06. The third kappa shape index (κ3) is 6.13. The second kappa shape index (κ2) is 9.72. The molecule has 0 saturated carbocycles. The molecule has 0 amide bonds. The summed E-state index contributed by atoms with van der Waals surface area (Å²) in [5, 5.41) is 2.36. The van der Waals surface area contributed by atoms with E-state index in [1.165, 1.54) is 0 Å². The van der Waals surface area contributed by atoms with Crippen LogP contribution in [-0.4, -0.2) is 5.97 Å². The van der Waals surface area contributed by atoms with Crippen molar-refractivity contribution in [2.24, 2.45) is 5.34 Å². The molecule has 0 saturated heterocycles. The number of unbranched alkanes of at least 4 members (excludes halogenated alkanes) is 1. The van der Waals surface area contributed by atoms with Crippen molar-refractivity contribution in [2.75, 3.05) is 0 Å². The molecular formula is C15H19NO4. The number of allylic oxidation sites excluding steroid dienone is 2. The zero-order valence-corrected chi connectivity index (χ0v) is 11.6. The van der Waals surface area contributed by atoms with Gasteiger partial charge in [0.05, 0.1) is 0 Å². The Bertz CT molecular complexity index is 457. The molecule has 0 radical (unpaired) electrons. The maximum absolute atomic E-state index is 11.6. The van der Waals surface area contributed by atoms with Gasteiger partial charge >= 0.3 is 5.97 Å². The van der Waals surface area contributed by atoms with Gasteiger partial charge in [0, 0.05) is 6.42 Å². The van der Waals surface area contributed by atoms with Gasteiger partial charge in [-0.15, -0.1) is 4.91 Å². The fourth-order valence-electron chi connectivity index (χ4n) is 1.70. The van der Waals surface area contributed by atoms with Crippen molar-refractivity contribution in [2.45, 2.75) is 39.4 Å². The number of esters is 1. The highest BCUT2D eigenvalue weighted by Crippen LogP contribution is 2.12. The predicted octanol–water partition coefficient (Wildman–Crippen LogP) is 3.67. The fourth-order valence-corrected chi connectivity index (χ4v) is 1.70. The first-order valence-electron chi connectivity index (χ1n) is 6.56. The van der Waals surface area contributed by atoms with Crippen LogP contribution in [0.1, 0.15) is 37.3 Å². The van der Waals surface area contributed by atoms with Gasteiger partial charge in [0.25, 0.3) is 0 Å². The Hall–Kier alpha value is -2.17. The highest BCUT2D eigenvalue weighted by atomic mass is 16.7. The SMILES string of the molecule is C/C=C\CCCC(=O)OCc1ccccc1CON=O. The van der Waals surface area contributed by atoms with Crippen molar-refractivity contribution in [3.8, 4) is 0 Å². The van der Waals surface area contributed by atoms with Crippen LogP contribution >= 0.6 is 0 Å². The first-order chi connectivity index (χ1) is 9.77. The lowest BCUT2D eigenvalue weighted by Gasteiger charge is -2.08. The maximum Gasteiger partial charge on any atom is 0.306 e. The third-order valence-electron chi connectivity index (χ3n) is 2.77. The topological polar surface area (TPSA) is 65.0 Å². The number of hydrogen-bond acceptors (Lipinski definition) is 5. The van der Waals surface area contributed by atoms with Crippen molar-refractivity contribution in [1.29, 1.82) is 0 Å². The standard InChI is InChI=1S/C15H19NO4/c1-2-3-4-5-10-15(17)19-11-13-8-6-7-9-14(13)12-20-16-18/h2-3,6-9H,4-5,10-12H2,1H3/b3-2-. The zero-order valence-electron chi connectivity index (χ0n) is 11.6. The molecule has 0 aliphatic rings. The van der Waals surface area contributed by atoms with Crippen LogP contribution in [0.4, 0.5) is 0 Å². The second-order valence-electron chi connectivity index (χ2n) is 4.24. The first kappa shape index (κ1) is 15.9. The lowest BCUT2D eigenvalue weighted by molar-refractivity contribution is -0.145. The molecule has 1 aromatic rings. The maximum atomic E-state index is 11.6. The van der Waals surface area contributed by atoms with E-state index >= 15 is 0 Å². The predicted molar refractivity (Wildman–Crippen MR) is 75.5 cm³/mol. The van der Waals surface area contributed by atoms with E-state index in [9.17, 15) is 9.70 Å². The summed E-state index contributed by atoms with van der Waals surface area (Å²) in [5.74, 6) is -0.223. The van der Waals surface area contributed by atoms with Crippen molar-refractivity contribution in [3.63, 3.8) is 0 Å². The fraction of sp³-hybridized carbons (Fsp3) is 0.400. The number of carbonyl (C=O) groups is 1. The lowest BCUT2D eigenvalue weighted by atomic mass is 10.1. The smallest absolute Gasteiger partial charge is 0.306 e. The molecule has 20 heavy (non-hydrogen) atoms. The van der Waals surface area contributed by atoms with Crippen LogP contribution in [0.25, 0.3) is 0 Å². The number of ether oxygens (including phenoxy) is 1. The molecule has 5 nitrogen and oxygen atoms in total. The molecule has 1 rings (SSSR count). The Morgan fingerprint density at radius 1 is 1.25 bits per heavy atom. The van der Waals surface area contributed by atoms with Crippen LogP contribution in [0.15, 0.2) is 41.8 Å². The largest absolute Gasteiger partial charge is 0.461 e.